The molecule has 0 bridgehead atoms. The summed E-state index contributed by atoms with van der Waals surface area (Å²) in [6.07, 6.45) is 7.86. The van der Waals surface area contributed by atoms with Crippen molar-refractivity contribution in [1.29, 1.82) is 0 Å². The number of hydrogen-bond acceptors (Lipinski definition) is 4. The number of carbonyl (C=O) groups excluding carboxylic acids is 1. The van der Waals surface area contributed by atoms with Crippen LogP contribution < -0.4 is 14.8 Å². The number of aromatic nitrogens is 2. The van der Waals surface area contributed by atoms with E-state index in [1.54, 1.807) is 6.08 Å². The summed E-state index contributed by atoms with van der Waals surface area (Å²) in [5.41, 5.74) is 3.74. The van der Waals surface area contributed by atoms with Gasteiger partial charge in [-0.1, -0.05) is 42.5 Å². The van der Waals surface area contributed by atoms with Gasteiger partial charge < -0.3 is 19.2 Å². The zero-order valence-corrected chi connectivity index (χ0v) is 18.6. The van der Waals surface area contributed by atoms with Gasteiger partial charge in [-0.15, -0.1) is 0 Å². The maximum atomic E-state index is 12.2. The van der Waals surface area contributed by atoms with Gasteiger partial charge in [0.05, 0.1) is 12.3 Å². The Hall–Kier alpha value is -4.06. The van der Waals surface area contributed by atoms with E-state index in [0.717, 1.165) is 34.0 Å². The number of fused-ring (bicyclic) bond motifs is 1. The van der Waals surface area contributed by atoms with Gasteiger partial charge >= 0.3 is 0 Å². The molecule has 0 aliphatic heterocycles. The van der Waals surface area contributed by atoms with Crippen molar-refractivity contribution in [3.05, 3.63) is 102 Å². The Morgan fingerprint density at radius 2 is 1.85 bits per heavy atom. The van der Waals surface area contributed by atoms with E-state index in [0.29, 0.717) is 26.2 Å². The van der Waals surface area contributed by atoms with Gasteiger partial charge in [-0.2, -0.15) is 0 Å². The summed E-state index contributed by atoms with van der Waals surface area (Å²) in [4.78, 5) is 16.8. The lowest BCUT2D eigenvalue weighted by Gasteiger charge is -2.06. The minimum absolute atomic E-state index is 0.141. The van der Waals surface area contributed by atoms with Crippen molar-refractivity contribution >= 4 is 17.6 Å². The first-order valence-corrected chi connectivity index (χ1v) is 11.0. The summed E-state index contributed by atoms with van der Waals surface area (Å²) in [5.74, 6) is 1.41. The van der Waals surface area contributed by atoms with Gasteiger partial charge in [0.2, 0.25) is 5.91 Å². The van der Waals surface area contributed by atoms with E-state index in [9.17, 15) is 4.79 Å². The zero-order valence-electron chi connectivity index (χ0n) is 18.6. The van der Waals surface area contributed by atoms with Crippen LogP contribution in [0.15, 0.2) is 85.2 Å². The molecule has 2 aromatic carbocycles. The first-order chi connectivity index (χ1) is 16.2. The first-order valence-electron chi connectivity index (χ1n) is 11.0. The molecule has 0 fully saturated rings. The molecule has 1 N–H and O–H groups in total. The van der Waals surface area contributed by atoms with Crippen molar-refractivity contribution in [2.45, 2.75) is 20.0 Å². The molecular weight excluding hydrogens is 414 g/mol. The normalized spacial score (nSPS) is 11.1. The molecule has 0 radical (unpaired) electrons. The average Bonchev–Trinajstić information content (AvgIpc) is 3.27. The summed E-state index contributed by atoms with van der Waals surface area (Å²) in [7, 11) is 0. The van der Waals surface area contributed by atoms with Gasteiger partial charge in [-0.05, 0) is 48.4 Å². The molecule has 0 aliphatic rings. The largest absolute Gasteiger partial charge is 0.490 e. The van der Waals surface area contributed by atoms with Crippen molar-refractivity contribution < 1.29 is 14.3 Å². The molecule has 2 heterocycles. The van der Waals surface area contributed by atoms with Crippen molar-refractivity contribution in [2.75, 3.05) is 13.2 Å². The molecule has 168 valence electrons. The summed E-state index contributed by atoms with van der Waals surface area (Å²) < 4.78 is 13.4. The van der Waals surface area contributed by atoms with Crippen LogP contribution in [0.3, 0.4) is 0 Å². The summed E-state index contributed by atoms with van der Waals surface area (Å²) >= 11 is 0. The highest BCUT2D eigenvalue weighted by atomic mass is 16.5. The SMILES string of the molecule is CCOc1cccn2cc(CCNC(=O)/C=C/c3ccc(OCc4ccccc4)cc3)nc12. The van der Waals surface area contributed by atoms with Crippen LogP contribution in [0.1, 0.15) is 23.7 Å². The highest BCUT2D eigenvalue weighted by Gasteiger charge is 2.07. The van der Waals surface area contributed by atoms with Gasteiger partial charge in [0, 0.05) is 31.4 Å². The van der Waals surface area contributed by atoms with E-state index in [1.165, 1.54) is 6.08 Å². The predicted molar refractivity (Wildman–Crippen MR) is 129 cm³/mol. The number of nitrogens with one attached hydrogen (secondary N) is 1. The van der Waals surface area contributed by atoms with E-state index < -0.39 is 0 Å². The molecule has 4 rings (SSSR count). The second-order valence-electron chi connectivity index (χ2n) is 7.49. The molecule has 6 nitrogen and oxygen atoms in total. The Morgan fingerprint density at radius 1 is 1.03 bits per heavy atom. The summed E-state index contributed by atoms with van der Waals surface area (Å²) in [6.45, 7) is 3.57. The van der Waals surface area contributed by atoms with Crippen LogP contribution >= 0.6 is 0 Å². The number of carbonyl (C=O) groups is 1. The smallest absolute Gasteiger partial charge is 0.244 e. The van der Waals surface area contributed by atoms with Crippen molar-refractivity contribution in [1.82, 2.24) is 14.7 Å². The Labute approximate surface area is 193 Å². The molecule has 0 spiro atoms. The van der Waals surface area contributed by atoms with Crippen LogP contribution in [0.2, 0.25) is 0 Å². The predicted octanol–water partition coefficient (Wildman–Crippen LogP) is 4.68. The van der Waals surface area contributed by atoms with Gasteiger partial charge in [-0.3, -0.25) is 4.79 Å². The molecule has 0 saturated carbocycles. The maximum Gasteiger partial charge on any atom is 0.244 e. The van der Waals surface area contributed by atoms with Gasteiger partial charge in [0.25, 0.3) is 0 Å². The number of imidazole rings is 1. The molecule has 0 atom stereocenters. The van der Waals surface area contributed by atoms with E-state index in [1.807, 2.05) is 90.4 Å². The maximum absolute atomic E-state index is 12.2. The third-order valence-electron chi connectivity index (χ3n) is 5.03. The monoisotopic (exact) mass is 441 g/mol. The molecule has 0 saturated heterocycles. The van der Waals surface area contributed by atoms with Gasteiger partial charge in [0.15, 0.2) is 11.4 Å². The third-order valence-corrected chi connectivity index (χ3v) is 5.03. The van der Waals surface area contributed by atoms with E-state index in [-0.39, 0.29) is 5.91 Å². The third kappa shape index (κ3) is 6.23. The second-order valence-corrected chi connectivity index (χ2v) is 7.49. The topological polar surface area (TPSA) is 64.9 Å². The van der Waals surface area contributed by atoms with Crippen molar-refractivity contribution in [2.24, 2.45) is 0 Å². The number of hydrogen-bond donors (Lipinski definition) is 1. The molecule has 4 aromatic rings. The Balaban J connectivity index is 1.24. The lowest BCUT2D eigenvalue weighted by molar-refractivity contribution is -0.116. The van der Waals surface area contributed by atoms with Crippen LogP contribution in [-0.2, 0) is 17.8 Å². The minimum Gasteiger partial charge on any atom is -0.490 e. The first kappa shape index (κ1) is 22.1. The zero-order chi connectivity index (χ0) is 22.9. The number of pyridine rings is 1. The number of ether oxygens (including phenoxy) is 2. The molecular formula is C27H27N3O3. The Bertz CT molecular complexity index is 1210. The van der Waals surface area contributed by atoms with Gasteiger partial charge in [-0.25, -0.2) is 4.98 Å². The van der Waals surface area contributed by atoms with E-state index >= 15 is 0 Å². The lowest BCUT2D eigenvalue weighted by atomic mass is 10.2. The summed E-state index contributed by atoms with van der Waals surface area (Å²) in [5, 5.41) is 2.90. The Morgan fingerprint density at radius 3 is 2.64 bits per heavy atom. The quantitative estimate of drug-likeness (QED) is 0.363. The van der Waals surface area contributed by atoms with Crippen LogP contribution in [0.25, 0.3) is 11.7 Å². The molecule has 33 heavy (non-hydrogen) atoms. The average molecular weight is 442 g/mol. The molecule has 6 heteroatoms. The molecule has 0 unspecified atom stereocenters. The van der Waals surface area contributed by atoms with Crippen LogP contribution in [0.5, 0.6) is 11.5 Å². The van der Waals surface area contributed by atoms with Crippen LogP contribution in [0.4, 0.5) is 0 Å². The standard InChI is InChI=1S/C27H27N3O3/c1-2-32-25-9-6-18-30-19-23(29-27(25)30)16-17-28-26(31)15-12-21-10-13-24(14-11-21)33-20-22-7-4-3-5-8-22/h3-15,18-19H,2,16-17,20H2,1H3,(H,28,31)/b15-12+. The summed E-state index contributed by atoms with van der Waals surface area (Å²) in [6, 6.07) is 21.5. The highest BCUT2D eigenvalue weighted by Crippen LogP contribution is 2.19. The highest BCUT2D eigenvalue weighted by molar-refractivity contribution is 5.91. The lowest BCUT2D eigenvalue weighted by Crippen LogP contribution is -2.23. The van der Waals surface area contributed by atoms with E-state index in [4.69, 9.17) is 9.47 Å². The second kappa shape index (κ2) is 11.0. The molecule has 1 amide bonds. The number of rotatable bonds is 10. The molecule has 0 aliphatic carbocycles. The van der Waals surface area contributed by atoms with Crippen LogP contribution in [0, 0.1) is 0 Å². The number of benzene rings is 2. The minimum atomic E-state index is -0.141. The number of amides is 1. The fourth-order valence-corrected chi connectivity index (χ4v) is 3.39. The van der Waals surface area contributed by atoms with Crippen molar-refractivity contribution in [3.63, 3.8) is 0 Å². The van der Waals surface area contributed by atoms with Gasteiger partial charge in [0.1, 0.15) is 12.4 Å². The van der Waals surface area contributed by atoms with Crippen molar-refractivity contribution in [3.8, 4) is 11.5 Å². The van der Waals surface area contributed by atoms with E-state index in [2.05, 4.69) is 10.3 Å². The molecule has 2 aromatic heterocycles. The number of nitrogens with zero attached hydrogens (tertiary/aromatic N) is 2. The fourth-order valence-electron chi connectivity index (χ4n) is 3.39. The fraction of sp³-hybridized carbons (Fsp3) is 0.185. The Kier molecular flexibility index (Phi) is 7.38. The van der Waals surface area contributed by atoms with Crippen LogP contribution in [-0.4, -0.2) is 28.4 Å².